The van der Waals surface area contributed by atoms with Crippen LogP contribution in [0.3, 0.4) is 0 Å². The highest BCUT2D eigenvalue weighted by molar-refractivity contribution is 8.00. The molecule has 1 heterocycles. The number of rotatable bonds is 7. The first-order valence-electron chi connectivity index (χ1n) is 8.68. The van der Waals surface area contributed by atoms with Gasteiger partial charge < -0.3 is 10.1 Å². The van der Waals surface area contributed by atoms with Crippen LogP contribution in [0, 0.1) is 0 Å². The number of tetrazole rings is 1. The van der Waals surface area contributed by atoms with E-state index in [1.54, 1.807) is 7.11 Å². The number of thioether (sulfide) groups is 1. The van der Waals surface area contributed by atoms with Crippen molar-refractivity contribution < 1.29 is 9.53 Å². The lowest BCUT2D eigenvalue weighted by Crippen LogP contribution is -2.13. The van der Waals surface area contributed by atoms with Gasteiger partial charge >= 0.3 is 0 Å². The average molecular weight is 381 g/mol. The molecule has 138 valence electrons. The van der Waals surface area contributed by atoms with Crippen LogP contribution in [0.2, 0.25) is 0 Å². The minimum Gasteiger partial charge on any atom is -0.497 e. The molecule has 0 spiro atoms. The first-order chi connectivity index (χ1) is 13.2. The van der Waals surface area contributed by atoms with Gasteiger partial charge in [0, 0.05) is 16.1 Å². The zero-order chi connectivity index (χ0) is 18.6. The zero-order valence-electron chi connectivity index (χ0n) is 14.8. The molecular formula is C19H19N5O2S. The standard InChI is InChI=1S/C19H19N5O2S/c1-26-16-8-10-17(11-9-16)27-12-18(25)20-14-4-2-13(3-5-14)19-21-22-23-24(19)15-6-7-15/h2-5,8-11,15H,6-7,12H2,1H3,(H,20,25). The molecule has 7 nitrogen and oxygen atoms in total. The topological polar surface area (TPSA) is 81.9 Å². The Kier molecular flexibility index (Phi) is 5.06. The van der Waals surface area contributed by atoms with Gasteiger partial charge in [-0.25, -0.2) is 4.68 Å². The van der Waals surface area contributed by atoms with Crippen molar-refractivity contribution in [2.24, 2.45) is 0 Å². The Hall–Kier alpha value is -2.87. The summed E-state index contributed by atoms with van der Waals surface area (Å²) in [4.78, 5) is 13.2. The molecule has 0 saturated heterocycles. The highest BCUT2D eigenvalue weighted by Gasteiger charge is 2.28. The summed E-state index contributed by atoms with van der Waals surface area (Å²) in [6.07, 6.45) is 2.25. The van der Waals surface area contributed by atoms with Gasteiger partial charge in [0.15, 0.2) is 5.82 Å². The smallest absolute Gasteiger partial charge is 0.234 e. The van der Waals surface area contributed by atoms with Crippen LogP contribution in [0.15, 0.2) is 53.4 Å². The predicted octanol–water partition coefficient (Wildman–Crippen LogP) is 3.41. The fourth-order valence-corrected chi connectivity index (χ4v) is 3.37. The van der Waals surface area contributed by atoms with Crippen molar-refractivity contribution >= 4 is 23.4 Å². The predicted molar refractivity (Wildman–Crippen MR) is 104 cm³/mol. The SMILES string of the molecule is COc1ccc(SCC(=O)Nc2ccc(-c3nnnn3C3CC3)cc2)cc1. The van der Waals surface area contributed by atoms with Gasteiger partial charge in [0.2, 0.25) is 5.91 Å². The van der Waals surface area contributed by atoms with Gasteiger partial charge in [-0.3, -0.25) is 4.79 Å². The number of ether oxygens (including phenoxy) is 1. The Bertz CT molecular complexity index is 920. The molecule has 1 saturated carbocycles. The highest BCUT2D eigenvalue weighted by atomic mass is 32.2. The molecule has 1 aliphatic carbocycles. The molecule has 0 atom stereocenters. The molecule has 3 aromatic rings. The van der Waals surface area contributed by atoms with E-state index >= 15 is 0 Å². The van der Waals surface area contributed by atoms with E-state index in [2.05, 4.69) is 20.8 Å². The third-order valence-electron chi connectivity index (χ3n) is 4.24. The van der Waals surface area contributed by atoms with Gasteiger partial charge in [0.25, 0.3) is 0 Å². The molecule has 2 aromatic carbocycles. The van der Waals surface area contributed by atoms with Crippen molar-refractivity contribution in [2.75, 3.05) is 18.2 Å². The number of anilines is 1. The maximum atomic E-state index is 12.2. The Balaban J connectivity index is 1.33. The Morgan fingerprint density at radius 1 is 1.19 bits per heavy atom. The lowest BCUT2D eigenvalue weighted by atomic mass is 10.2. The van der Waals surface area contributed by atoms with Crippen molar-refractivity contribution in [1.29, 1.82) is 0 Å². The number of nitrogens with zero attached hydrogens (tertiary/aromatic N) is 4. The number of carbonyl (C=O) groups is 1. The third kappa shape index (κ3) is 4.28. The third-order valence-corrected chi connectivity index (χ3v) is 5.25. The molecule has 4 rings (SSSR count). The van der Waals surface area contributed by atoms with Crippen LogP contribution in [0.5, 0.6) is 5.75 Å². The van der Waals surface area contributed by atoms with Gasteiger partial charge in [-0.1, -0.05) is 0 Å². The summed E-state index contributed by atoms with van der Waals surface area (Å²) < 4.78 is 7.01. The minimum atomic E-state index is -0.0496. The molecule has 1 amide bonds. The number of hydrogen-bond donors (Lipinski definition) is 1. The Morgan fingerprint density at radius 2 is 1.93 bits per heavy atom. The fourth-order valence-electron chi connectivity index (χ4n) is 2.67. The molecule has 1 fully saturated rings. The van der Waals surface area contributed by atoms with Gasteiger partial charge in [-0.2, -0.15) is 0 Å². The summed E-state index contributed by atoms with van der Waals surface area (Å²) in [5, 5.41) is 14.9. The second kappa shape index (κ2) is 7.79. The van der Waals surface area contributed by atoms with Crippen molar-refractivity contribution in [3.63, 3.8) is 0 Å². The molecule has 27 heavy (non-hydrogen) atoms. The molecule has 1 N–H and O–H groups in total. The molecule has 8 heteroatoms. The minimum absolute atomic E-state index is 0.0496. The first-order valence-corrected chi connectivity index (χ1v) is 9.66. The molecule has 1 aliphatic rings. The number of hydrogen-bond acceptors (Lipinski definition) is 6. The first kappa shape index (κ1) is 17.5. The summed E-state index contributed by atoms with van der Waals surface area (Å²) in [6, 6.07) is 15.7. The summed E-state index contributed by atoms with van der Waals surface area (Å²) >= 11 is 1.48. The van der Waals surface area contributed by atoms with Crippen LogP contribution in [0.1, 0.15) is 18.9 Å². The normalized spacial score (nSPS) is 13.4. The van der Waals surface area contributed by atoms with E-state index in [9.17, 15) is 4.79 Å². The van der Waals surface area contributed by atoms with Gasteiger partial charge in [-0.05, 0) is 71.8 Å². The van der Waals surface area contributed by atoms with Crippen LogP contribution < -0.4 is 10.1 Å². The largest absolute Gasteiger partial charge is 0.497 e. The molecule has 1 aromatic heterocycles. The van der Waals surface area contributed by atoms with E-state index in [0.29, 0.717) is 11.8 Å². The quantitative estimate of drug-likeness (QED) is 0.632. The van der Waals surface area contributed by atoms with E-state index in [1.807, 2.05) is 53.2 Å². The van der Waals surface area contributed by atoms with E-state index in [-0.39, 0.29) is 5.91 Å². The summed E-state index contributed by atoms with van der Waals surface area (Å²) in [5.41, 5.74) is 1.70. The van der Waals surface area contributed by atoms with Crippen LogP contribution in [0.4, 0.5) is 5.69 Å². The van der Waals surface area contributed by atoms with Crippen LogP contribution in [-0.4, -0.2) is 39.0 Å². The number of carbonyl (C=O) groups excluding carboxylic acids is 1. The molecule has 0 radical (unpaired) electrons. The Morgan fingerprint density at radius 3 is 2.59 bits per heavy atom. The number of methoxy groups -OCH3 is 1. The van der Waals surface area contributed by atoms with Crippen molar-refractivity contribution in [2.45, 2.75) is 23.8 Å². The van der Waals surface area contributed by atoms with Crippen molar-refractivity contribution in [3.05, 3.63) is 48.5 Å². The van der Waals surface area contributed by atoms with E-state index in [4.69, 9.17) is 4.74 Å². The number of amides is 1. The van der Waals surface area contributed by atoms with E-state index < -0.39 is 0 Å². The van der Waals surface area contributed by atoms with E-state index in [1.165, 1.54) is 11.8 Å². The number of nitrogens with one attached hydrogen (secondary N) is 1. The lowest BCUT2D eigenvalue weighted by molar-refractivity contribution is -0.113. The molecule has 0 aliphatic heterocycles. The van der Waals surface area contributed by atoms with Crippen LogP contribution in [-0.2, 0) is 4.79 Å². The van der Waals surface area contributed by atoms with Crippen molar-refractivity contribution in [1.82, 2.24) is 20.2 Å². The monoisotopic (exact) mass is 381 g/mol. The Labute approximate surface area is 161 Å². The fraction of sp³-hybridized carbons (Fsp3) is 0.263. The zero-order valence-corrected chi connectivity index (χ0v) is 15.6. The maximum Gasteiger partial charge on any atom is 0.234 e. The second-order valence-corrected chi connectivity index (χ2v) is 7.32. The maximum absolute atomic E-state index is 12.2. The number of aromatic nitrogens is 4. The number of benzene rings is 2. The van der Waals surface area contributed by atoms with Crippen LogP contribution in [0.25, 0.3) is 11.4 Å². The molecular weight excluding hydrogens is 362 g/mol. The van der Waals surface area contributed by atoms with Crippen LogP contribution >= 0.6 is 11.8 Å². The average Bonchev–Trinajstić information content (AvgIpc) is 3.44. The highest BCUT2D eigenvalue weighted by Crippen LogP contribution is 2.36. The van der Waals surface area contributed by atoms with Gasteiger partial charge in [-0.15, -0.1) is 16.9 Å². The molecule has 0 bridgehead atoms. The van der Waals surface area contributed by atoms with E-state index in [0.717, 1.165) is 40.6 Å². The van der Waals surface area contributed by atoms with Gasteiger partial charge in [0.05, 0.1) is 18.9 Å². The van der Waals surface area contributed by atoms with Gasteiger partial charge in [0.1, 0.15) is 5.75 Å². The second-order valence-electron chi connectivity index (χ2n) is 6.27. The summed E-state index contributed by atoms with van der Waals surface area (Å²) in [6.45, 7) is 0. The summed E-state index contributed by atoms with van der Waals surface area (Å²) in [5.74, 6) is 1.86. The van der Waals surface area contributed by atoms with Crippen molar-refractivity contribution in [3.8, 4) is 17.1 Å². The summed E-state index contributed by atoms with van der Waals surface area (Å²) in [7, 11) is 1.63. The lowest BCUT2D eigenvalue weighted by Gasteiger charge is -2.07. The molecule has 0 unspecified atom stereocenters.